The Balaban J connectivity index is 1.68. The molecule has 1 fully saturated rings. The average molecular weight is 478 g/mol. The maximum absolute atomic E-state index is 12.7. The molecule has 1 saturated heterocycles. The Labute approximate surface area is 193 Å². The molecule has 1 aliphatic heterocycles. The predicted octanol–water partition coefficient (Wildman–Crippen LogP) is 3.23. The van der Waals surface area contributed by atoms with E-state index in [0.717, 1.165) is 16.7 Å². The van der Waals surface area contributed by atoms with Crippen molar-refractivity contribution in [1.82, 2.24) is 15.2 Å². The highest BCUT2D eigenvalue weighted by atomic mass is 35.5. The number of methoxy groups -OCH3 is 3. The van der Waals surface area contributed by atoms with Crippen molar-refractivity contribution in [2.45, 2.75) is 0 Å². The Morgan fingerprint density at radius 3 is 2.41 bits per heavy atom. The summed E-state index contributed by atoms with van der Waals surface area (Å²) in [5, 5.41) is 2.51. The number of hydrogen-bond donors (Lipinski definition) is 1. The van der Waals surface area contributed by atoms with Crippen LogP contribution in [0.5, 0.6) is 17.2 Å². The molecule has 32 heavy (non-hydrogen) atoms. The number of hydrogen-bond acceptors (Lipinski definition) is 8. The molecule has 1 N–H and O–H groups in total. The lowest BCUT2D eigenvalue weighted by atomic mass is 10.1. The van der Waals surface area contributed by atoms with E-state index in [0.29, 0.717) is 28.4 Å². The fraction of sp³-hybridized carbons (Fsp3) is 0.238. The zero-order valence-electron chi connectivity index (χ0n) is 17.5. The highest BCUT2D eigenvalue weighted by Gasteiger charge is 2.34. The third kappa shape index (κ3) is 5.14. The van der Waals surface area contributed by atoms with Crippen molar-refractivity contribution in [3.8, 4) is 17.2 Å². The van der Waals surface area contributed by atoms with E-state index >= 15 is 0 Å². The summed E-state index contributed by atoms with van der Waals surface area (Å²) < 4.78 is 15.9. The second-order valence-corrected chi connectivity index (χ2v) is 7.80. The van der Waals surface area contributed by atoms with Crippen LogP contribution in [0.15, 0.2) is 35.4 Å². The molecule has 3 rings (SSSR count). The van der Waals surface area contributed by atoms with Gasteiger partial charge in [-0.1, -0.05) is 11.6 Å². The first-order chi connectivity index (χ1) is 15.4. The van der Waals surface area contributed by atoms with Gasteiger partial charge in [-0.05, 0) is 47.7 Å². The number of ether oxygens (including phenoxy) is 3. The Morgan fingerprint density at radius 2 is 1.84 bits per heavy atom. The minimum atomic E-state index is -0.448. The fourth-order valence-electron chi connectivity index (χ4n) is 2.92. The second-order valence-electron chi connectivity index (χ2n) is 6.42. The number of halogens is 1. The molecule has 9 nitrogen and oxygen atoms in total. The van der Waals surface area contributed by atoms with E-state index in [1.165, 1.54) is 39.7 Å². The number of thioether (sulfide) groups is 1. The third-order valence-corrected chi connectivity index (χ3v) is 5.60. The number of benzene rings is 1. The highest BCUT2D eigenvalue weighted by molar-refractivity contribution is 8.18. The smallest absolute Gasteiger partial charge is 0.293 e. The van der Waals surface area contributed by atoms with Gasteiger partial charge in [0.2, 0.25) is 5.75 Å². The van der Waals surface area contributed by atoms with Crippen LogP contribution in [-0.4, -0.2) is 61.4 Å². The fourth-order valence-corrected chi connectivity index (χ4v) is 3.90. The third-order valence-electron chi connectivity index (χ3n) is 4.47. The van der Waals surface area contributed by atoms with E-state index in [4.69, 9.17) is 25.8 Å². The molecular formula is C21H20ClN3O6S. The lowest BCUT2D eigenvalue weighted by molar-refractivity contribution is -0.122. The van der Waals surface area contributed by atoms with E-state index in [9.17, 15) is 14.4 Å². The normalized spacial score (nSPS) is 14.6. The molecule has 11 heteroatoms. The number of nitrogens with one attached hydrogen (secondary N) is 1. The first kappa shape index (κ1) is 23.4. The van der Waals surface area contributed by atoms with Crippen LogP contribution in [-0.2, 0) is 4.79 Å². The minimum absolute atomic E-state index is 0.0318. The van der Waals surface area contributed by atoms with Gasteiger partial charge in [-0.3, -0.25) is 19.3 Å². The molecule has 0 saturated carbocycles. The van der Waals surface area contributed by atoms with Gasteiger partial charge in [-0.25, -0.2) is 4.98 Å². The molecule has 1 aromatic carbocycles. The first-order valence-corrected chi connectivity index (χ1v) is 10.5. The van der Waals surface area contributed by atoms with Gasteiger partial charge in [0.1, 0.15) is 5.15 Å². The van der Waals surface area contributed by atoms with Crippen molar-refractivity contribution in [1.29, 1.82) is 0 Å². The van der Waals surface area contributed by atoms with Crippen LogP contribution >= 0.6 is 23.4 Å². The van der Waals surface area contributed by atoms with Crippen molar-refractivity contribution < 1.29 is 28.6 Å². The van der Waals surface area contributed by atoms with Crippen molar-refractivity contribution in [3.63, 3.8) is 0 Å². The summed E-state index contributed by atoms with van der Waals surface area (Å²) in [5.41, 5.74) is 0.930. The molecule has 2 aromatic rings. The van der Waals surface area contributed by atoms with E-state index in [-0.39, 0.29) is 29.1 Å². The van der Waals surface area contributed by atoms with E-state index < -0.39 is 11.1 Å². The highest BCUT2D eigenvalue weighted by Crippen LogP contribution is 2.40. The van der Waals surface area contributed by atoms with Gasteiger partial charge in [0, 0.05) is 19.3 Å². The molecule has 0 bridgehead atoms. The zero-order valence-corrected chi connectivity index (χ0v) is 19.1. The number of rotatable bonds is 8. The average Bonchev–Trinajstić information content (AvgIpc) is 3.05. The molecule has 168 valence electrons. The Bertz CT molecular complexity index is 1050. The zero-order chi connectivity index (χ0) is 23.3. The summed E-state index contributed by atoms with van der Waals surface area (Å²) in [4.78, 5) is 42.4. The van der Waals surface area contributed by atoms with Crippen molar-refractivity contribution in [2.24, 2.45) is 0 Å². The minimum Gasteiger partial charge on any atom is -0.493 e. The van der Waals surface area contributed by atoms with Crippen LogP contribution in [0.1, 0.15) is 15.9 Å². The van der Waals surface area contributed by atoms with Gasteiger partial charge in [-0.15, -0.1) is 0 Å². The molecule has 0 unspecified atom stereocenters. The number of imide groups is 1. The molecule has 0 radical (unpaired) electrons. The summed E-state index contributed by atoms with van der Waals surface area (Å²) in [6.45, 7) is 0.126. The van der Waals surface area contributed by atoms with Crippen LogP contribution in [0.3, 0.4) is 0 Å². The number of aromatic nitrogens is 1. The monoisotopic (exact) mass is 477 g/mol. The maximum atomic E-state index is 12.7. The van der Waals surface area contributed by atoms with E-state index in [2.05, 4.69) is 10.3 Å². The summed E-state index contributed by atoms with van der Waals surface area (Å²) >= 11 is 6.53. The molecule has 2 heterocycles. The van der Waals surface area contributed by atoms with E-state index in [1.54, 1.807) is 18.2 Å². The largest absolute Gasteiger partial charge is 0.493 e. The van der Waals surface area contributed by atoms with Crippen LogP contribution in [0.2, 0.25) is 5.15 Å². The van der Waals surface area contributed by atoms with Gasteiger partial charge < -0.3 is 19.5 Å². The lowest BCUT2D eigenvalue weighted by Crippen LogP contribution is -2.37. The quantitative estimate of drug-likeness (QED) is 0.456. The van der Waals surface area contributed by atoms with Crippen LogP contribution < -0.4 is 19.5 Å². The Kier molecular flexibility index (Phi) is 7.60. The topological polar surface area (TPSA) is 107 Å². The van der Waals surface area contributed by atoms with Crippen LogP contribution in [0.25, 0.3) is 6.08 Å². The van der Waals surface area contributed by atoms with Gasteiger partial charge in [0.15, 0.2) is 11.5 Å². The second kappa shape index (κ2) is 10.4. The van der Waals surface area contributed by atoms with Gasteiger partial charge in [0.05, 0.1) is 31.8 Å². The van der Waals surface area contributed by atoms with Gasteiger partial charge in [0.25, 0.3) is 17.1 Å². The molecular weight excluding hydrogens is 458 g/mol. The number of nitrogens with zero attached hydrogens (tertiary/aromatic N) is 2. The first-order valence-electron chi connectivity index (χ1n) is 9.33. The summed E-state index contributed by atoms with van der Waals surface area (Å²) in [6.07, 6.45) is 2.92. The summed E-state index contributed by atoms with van der Waals surface area (Å²) in [5.74, 6) is 0.450. The van der Waals surface area contributed by atoms with Crippen molar-refractivity contribution in [2.75, 3.05) is 34.4 Å². The number of carbonyl (C=O) groups is 3. The van der Waals surface area contributed by atoms with Crippen molar-refractivity contribution >= 4 is 46.5 Å². The Morgan fingerprint density at radius 1 is 1.16 bits per heavy atom. The molecule has 0 atom stereocenters. The molecule has 3 amide bonds. The SMILES string of the molecule is COc1cc(C=C2SC(=O)N(CCNC(=O)c3ccc(Cl)nc3)C2=O)cc(OC)c1OC. The van der Waals surface area contributed by atoms with Crippen LogP contribution in [0, 0.1) is 0 Å². The summed E-state index contributed by atoms with van der Waals surface area (Å²) in [7, 11) is 4.47. The lowest BCUT2D eigenvalue weighted by Gasteiger charge is -2.13. The molecule has 1 aliphatic rings. The van der Waals surface area contributed by atoms with Gasteiger partial charge >= 0.3 is 0 Å². The molecule has 0 aliphatic carbocycles. The Hall–Kier alpha value is -3.24. The number of amides is 3. The number of carbonyl (C=O) groups excluding carboxylic acids is 3. The predicted molar refractivity (Wildman–Crippen MR) is 120 cm³/mol. The van der Waals surface area contributed by atoms with E-state index in [1.807, 2.05) is 0 Å². The summed E-state index contributed by atoms with van der Waals surface area (Å²) in [6, 6.07) is 6.39. The number of pyridine rings is 1. The molecule has 1 aromatic heterocycles. The van der Waals surface area contributed by atoms with Gasteiger partial charge in [-0.2, -0.15) is 0 Å². The molecule has 0 spiro atoms. The van der Waals surface area contributed by atoms with Crippen LogP contribution in [0.4, 0.5) is 4.79 Å². The van der Waals surface area contributed by atoms with Crippen molar-refractivity contribution in [3.05, 3.63) is 51.6 Å². The standard InChI is InChI=1S/C21H20ClN3O6S/c1-29-14-8-12(9-15(30-2)18(14)31-3)10-16-20(27)25(21(28)32-16)7-6-23-19(26)13-4-5-17(22)24-11-13/h4-5,8-11H,6-7H2,1-3H3,(H,23,26). The maximum Gasteiger partial charge on any atom is 0.293 e.